The molecular weight excluding hydrogens is 254 g/mol. The summed E-state index contributed by atoms with van der Waals surface area (Å²) in [7, 11) is 0. The molecule has 0 aliphatic carbocycles. The van der Waals surface area contributed by atoms with Crippen molar-refractivity contribution in [1.82, 2.24) is 9.55 Å². The molecule has 6 heteroatoms. The van der Waals surface area contributed by atoms with Crippen LogP contribution in [0.2, 0.25) is 0 Å². The number of aryl methyl sites for hydroxylation is 1. The van der Waals surface area contributed by atoms with E-state index in [0.29, 0.717) is 6.54 Å². The lowest BCUT2D eigenvalue weighted by Gasteiger charge is -2.10. The van der Waals surface area contributed by atoms with Gasteiger partial charge in [0.2, 0.25) is 0 Å². The summed E-state index contributed by atoms with van der Waals surface area (Å²) in [5.74, 6) is -2.10. The third kappa shape index (κ3) is 2.90. The van der Waals surface area contributed by atoms with E-state index in [1.165, 1.54) is 0 Å². The molecule has 4 nitrogen and oxygen atoms in total. The van der Waals surface area contributed by atoms with Crippen LogP contribution in [0.5, 0.6) is 5.75 Å². The number of benzene rings is 1. The minimum absolute atomic E-state index is 0.0279. The van der Waals surface area contributed by atoms with Gasteiger partial charge in [-0.05, 0) is 24.6 Å². The van der Waals surface area contributed by atoms with Crippen molar-refractivity contribution in [3.63, 3.8) is 0 Å². The molecule has 2 aromatic rings. The molecule has 2 rings (SSSR count). The fourth-order valence-electron chi connectivity index (χ4n) is 1.74. The summed E-state index contributed by atoms with van der Waals surface area (Å²) >= 11 is 0. The topological polar surface area (TPSA) is 47.3 Å². The van der Waals surface area contributed by atoms with Gasteiger partial charge in [0.15, 0.2) is 17.4 Å². The molecule has 0 saturated heterocycles. The zero-order valence-corrected chi connectivity index (χ0v) is 10.4. The molecule has 0 aliphatic heterocycles. The number of hydrogen-bond acceptors (Lipinski definition) is 3. The molecular formula is C13H14F2N2O2. The van der Waals surface area contributed by atoms with Crippen molar-refractivity contribution in [2.75, 3.05) is 0 Å². The zero-order chi connectivity index (χ0) is 13.8. The standard InChI is InChI=1S/C13H14F2N2O2/c1-2-17-8-16-5-10(17)7-19-13-11(14)3-9(6-18)4-12(13)15/h3-5,8,18H,2,6-7H2,1H3. The third-order valence-electron chi connectivity index (χ3n) is 2.74. The Kier molecular flexibility index (Phi) is 4.11. The van der Waals surface area contributed by atoms with Crippen LogP contribution in [0.4, 0.5) is 8.78 Å². The maximum absolute atomic E-state index is 13.6. The smallest absolute Gasteiger partial charge is 0.191 e. The average Bonchev–Trinajstić information content (AvgIpc) is 2.85. The van der Waals surface area contributed by atoms with E-state index in [-0.39, 0.29) is 12.2 Å². The second-order valence-electron chi connectivity index (χ2n) is 4.01. The number of rotatable bonds is 5. The van der Waals surface area contributed by atoms with Crippen LogP contribution < -0.4 is 4.74 Å². The Bertz CT molecular complexity index is 547. The summed E-state index contributed by atoms with van der Waals surface area (Å²) in [6.45, 7) is 2.24. The van der Waals surface area contributed by atoms with Gasteiger partial charge in [0.1, 0.15) is 6.61 Å². The molecule has 0 fully saturated rings. The van der Waals surface area contributed by atoms with Gasteiger partial charge in [-0.15, -0.1) is 0 Å². The fourth-order valence-corrected chi connectivity index (χ4v) is 1.74. The van der Waals surface area contributed by atoms with Crippen molar-refractivity contribution >= 4 is 0 Å². The molecule has 0 radical (unpaired) electrons. The molecule has 0 amide bonds. The van der Waals surface area contributed by atoms with Crippen molar-refractivity contribution in [2.24, 2.45) is 0 Å². The number of hydrogen-bond donors (Lipinski definition) is 1. The first-order chi connectivity index (χ1) is 9.15. The summed E-state index contributed by atoms with van der Waals surface area (Å²) < 4.78 is 34.2. The van der Waals surface area contributed by atoms with Crippen molar-refractivity contribution < 1.29 is 18.6 Å². The maximum Gasteiger partial charge on any atom is 0.191 e. The molecule has 1 aromatic carbocycles. The average molecular weight is 268 g/mol. The summed E-state index contributed by atoms with van der Waals surface area (Å²) in [6, 6.07) is 2.10. The monoisotopic (exact) mass is 268 g/mol. The van der Waals surface area contributed by atoms with Gasteiger partial charge < -0.3 is 14.4 Å². The Morgan fingerprint density at radius 1 is 1.32 bits per heavy atom. The van der Waals surface area contributed by atoms with E-state index < -0.39 is 24.0 Å². The van der Waals surface area contributed by atoms with Crippen LogP contribution in [0.3, 0.4) is 0 Å². The molecule has 1 N–H and O–H groups in total. The molecule has 102 valence electrons. The number of ether oxygens (including phenoxy) is 1. The summed E-state index contributed by atoms with van der Waals surface area (Å²) in [4.78, 5) is 3.94. The van der Waals surface area contributed by atoms with Crippen LogP contribution in [-0.4, -0.2) is 14.7 Å². The molecule has 0 bridgehead atoms. The third-order valence-corrected chi connectivity index (χ3v) is 2.74. The number of aliphatic hydroxyl groups is 1. The lowest BCUT2D eigenvalue weighted by Crippen LogP contribution is -2.06. The second kappa shape index (κ2) is 5.79. The predicted molar refractivity (Wildman–Crippen MR) is 64.5 cm³/mol. The molecule has 0 aliphatic rings. The number of nitrogens with zero attached hydrogens (tertiary/aromatic N) is 2. The van der Waals surface area contributed by atoms with Crippen LogP contribution in [-0.2, 0) is 19.8 Å². The van der Waals surface area contributed by atoms with Crippen LogP contribution in [0.1, 0.15) is 18.2 Å². The first kappa shape index (κ1) is 13.5. The van der Waals surface area contributed by atoms with Gasteiger partial charge in [-0.2, -0.15) is 0 Å². The van der Waals surface area contributed by atoms with E-state index in [1.54, 1.807) is 12.5 Å². The highest BCUT2D eigenvalue weighted by molar-refractivity contribution is 5.31. The molecule has 0 spiro atoms. The van der Waals surface area contributed by atoms with Gasteiger partial charge in [0.05, 0.1) is 24.8 Å². The van der Waals surface area contributed by atoms with Crippen LogP contribution in [0.25, 0.3) is 0 Å². The van der Waals surface area contributed by atoms with Gasteiger partial charge >= 0.3 is 0 Å². The summed E-state index contributed by atoms with van der Waals surface area (Å²) in [6.07, 6.45) is 3.21. The summed E-state index contributed by atoms with van der Waals surface area (Å²) in [5.41, 5.74) is 0.897. The first-order valence-corrected chi connectivity index (χ1v) is 5.86. The van der Waals surface area contributed by atoms with Gasteiger partial charge in [-0.3, -0.25) is 0 Å². The first-order valence-electron chi connectivity index (χ1n) is 5.86. The van der Waals surface area contributed by atoms with E-state index in [2.05, 4.69) is 4.98 Å². The van der Waals surface area contributed by atoms with Crippen molar-refractivity contribution in [1.29, 1.82) is 0 Å². The highest BCUT2D eigenvalue weighted by Gasteiger charge is 2.13. The van der Waals surface area contributed by atoms with Gasteiger partial charge in [-0.25, -0.2) is 13.8 Å². The lowest BCUT2D eigenvalue weighted by molar-refractivity contribution is 0.260. The zero-order valence-electron chi connectivity index (χ0n) is 10.4. The minimum Gasteiger partial charge on any atom is -0.481 e. The van der Waals surface area contributed by atoms with Crippen LogP contribution in [0, 0.1) is 11.6 Å². The Labute approximate surface area is 109 Å². The normalized spacial score (nSPS) is 10.7. The van der Waals surface area contributed by atoms with Crippen molar-refractivity contribution in [3.05, 3.63) is 47.5 Å². The van der Waals surface area contributed by atoms with Gasteiger partial charge in [0, 0.05) is 6.54 Å². The second-order valence-corrected chi connectivity index (χ2v) is 4.01. The minimum atomic E-state index is -0.827. The van der Waals surface area contributed by atoms with E-state index in [9.17, 15) is 8.78 Å². The van der Waals surface area contributed by atoms with Crippen molar-refractivity contribution in [3.8, 4) is 5.75 Å². The Morgan fingerprint density at radius 3 is 2.58 bits per heavy atom. The number of aromatic nitrogens is 2. The molecule has 0 atom stereocenters. The van der Waals surface area contributed by atoms with E-state index >= 15 is 0 Å². The van der Waals surface area contributed by atoms with Gasteiger partial charge in [0.25, 0.3) is 0 Å². The lowest BCUT2D eigenvalue weighted by atomic mass is 10.2. The van der Waals surface area contributed by atoms with Gasteiger partial charge in [-0.1, -0.05) is 0 Å². The molecule has 0 saturated carbocycles. The quantitative estimate of drug-likeness (QED) is 0.904. The van der Waals surface area contributed by atoms with E-state index in [4.69, 9.17) is 9.84 Å². The largest absolute Gasteiger partial charge is 0.481 e. The van der Waals surface area contributed by atoms with Crippen molar-refractivity contribution in [2.45, 2.75) is 26.7 Å². The SMILES string of the molecule is CCn1cncc1COc1c(F)cc(CO)cc1F. The molecule has 1 aromatic heterocycles. The van der Waals surface area contributed by atoms with E-state index in [1.807, 2.05) is 11.5 Å². The Morgan fingerprint density at radius 2 is 2.00 bits per heavy atom. The number of aliphatic hydroxyl groups excluding tert-OH is 1. The van der Waals surface area contributed by atoms with Crippen LogP contribution >= 0.6 is 0 Å². The molecule has 0 unspecified atom stereocenters. The highest BCUT2D eigenvalue weighted by Crippen LogP contribution is 2.24. The number of halogens is 2. The van der Waals surface area contributed by atoms with E-state index in [0.717, 1.165) is 17.8 Å². The predicted octanol–water partition coefficient (Wildman–Crippen LogP) is 2.25. The number of imidazole rings is 1. The van der Waals surface area contributed by atoms with Crippen LogP contribution in [0.15, 0.2) is 24.7 Å². The maximum atomic E-state index is 13.6. The Balaban J connectivity index is 2.16. The summed E-state index contributed by atoms with van der Waals surface area (Å²) in [5, 5.41) is 8.84. The Hall–Kier alpha value is -1.95. The fraction of sp³-hybridized carbons (Fsp3) is 0.308. The molecule has 1 heterocycles. The highest BCUT2D eigenvalue weighted by atomic mass is 19.1. The molecule has 19 heavy (non-hydrogen) atoms.